The van der Waals surface area contributed by atoms with Crippen LogP contribution in [0.5, 0.6) is 11.5 Å². The minimum absolute atomic E-state index is 0.0343. The maximum atomic E-state index is 10.1. The van der Waals surface area contributed by atoms with Crippen molar-refractivity contribution in [2.24, 2.45) is 5.73 Å². The second-order valence-electron chi connectivity index (χ2n) is 5.93. The van der Waals surface area contributed by atoms with Crippen molar-refractivity contribution in [3.05, 3.63) is 59.7 Å². The molecule has 0 aliphatic rings. The molecule has 0 heterocycles. The van der Waals surface area contributed by atoms with Gasteiger partial charge in [0, 0.05) is 25.2 Å². The Balaban J connectivity index is 2.29. The largest absolute Gasteiger partial charge is 0.504 e. The van der Waals surface area contributed by atoms with Gasteiger partial charge in [-0.1, -0.05) is 36.4 Å². The summed E-state index contributed by atoms with van der Waals surface area (Å²) in [6.07, 6.45) is 0. The van der Waals surface area contributed by atoms with Crippen molar-refractivity contribution in [3.8, 4) is 11.5 Å². The van der Waals surface area contributed by atoms with Crippen LogP contribution in [-0.2, 0) is 6.54 Å². The summed E-state index contributed by atoms with van der Waals surface area (Å²) in [5, 5.41) is 10.1. The molecule has 1 atom stereocenters. The fraction of sp³-hybridized carbons (Fsp3) is 0.368. The van der Waals surface area contributed by atoms with Gasteiger partial charge in [-0.3, -0.25) is 4.90 Å². The molecule has 0 aliphatic carbocycles. The minimum atomic E-state index is 0.0343. The summed E-state index contributed by atoms with van der Waals surface area (Å²) in [6.45, 7) is 5.62. The zero-order valence-corrected chi connectivity index (χ0v) is 14.1. The van der Waals surface area contributed by atoms with Crippen LogP contribution in [0.4, 0.5) is 0 Å². The molecule has 0 saturated heterocycles. The molecule has 0 aromatic heterocycles. The molecule has 0 aliphatic heterocycles. The number of methoxy groups -OCH3 is 1. The Bertz CT molecular complexity index is 614. The SMILES string of the molecule is COc1ccc(C(CN)N(Cc2ccccc2)C(C)C)cc1O. The molecule has 3 N–H and O–H groups in total. The molecule has 0 radical (unpaired) electrons. The van der Waals surface area contributed by atoms with Gasteiger partial charge in [-0.05, 0) is 37.1 Å². The fourth-order valence-corrected chi connectivity index (χ4v) is 2.82. The summed E-state index contributed by atoms with van der Waals surface area (Å²) in [6, 6.07) is 16.2. The predicted molar refractivity (Wildman–Crippen MR) is 93.6 cm³/mol. The quantitative estimate of drug-likeness (QED) is 0.823. The van der Waals surface area contributed by atoms with E-state index in [-0.39, 0.29) is 11.8 Å². The number of nitrogens with zero attached hydrogens (tertiary/aromatic N) is 1. The summed E-state index contributed by atoms with van der Waals surface area (Å²) < 4.78 is 5.12. The van der Waals surface area contributed by atoms with E-state index in [0.717, 1.165) is 12.1 Å². The highest BCUT2D eigenvalue weighted by Gasteiger charge is 2.23. The van der Waals surface area contributed by atoms with E-state index in [9.17, 15) is 5.11 Å². The summed E-state index contributed by atoms with van der Waals surface area (Å²) in [5.74, 6) is 0.621. The van der Waals surface area contributed by atoms with Crippen LogP contribution < -0.4 is 10.5 Å². The van der Waals surface area contributed by atoms with E-state index < -0.39 is 0 Å². The Hall–Kier alpha value is -2.04. The highest BCUT2D eigenvalue weighted by atomic mass is 16.5. The molecule has 4 heteroatoms. The van der Waals surface area contributed by atoms with E-state index in [2.05, 4.69) is 30.9 Å². The van der Waals surface area contributed by atoms with Crippen LogP contribution in [0.2, 0.25) is 0 Å². The van der Waals surface area contributed by atoms with Crippen molar-refractivity contribution in [3.63, 3.8) is 0 Å². The van der Waals surface area contributed by atoms with Crippen LogP contribution in [0.25, 0.3) is 0 Å². The lowest BCUT2D eigenvalue weighted by Gasteiger charge is -2.35. The van der Waals surface area contributed by atoms with Crippen molar-refractivity contribution in [2.75, 3.05) is 13.7 Å². The third kappa shape index (κ3) is 4.24. The molecular formula is C19H26N2O2. The Morgan fingerprint density at radius 2 is 1.83 bits per heavy atom. The second kappa shape index (κ2) is 7.99. The van der Waals surface area contributed by atoms with Crippen LogP contribution in [-0.4, -0.2) is 29.7 Å². The zero-order chi connectivity index (χ0) is 16.8. The maximum absolute atomic E-state index is 10.1. The van der Waals surface area contributed by atoms with E-state index in [1.807, 2.05) is 24.3 Å². The van der Waals surface area contributed by atoms with Gasteiger partial charge in [0.05, 0.1) is 7.11 Å². The minimum Gasteiger partial charge on any atom is -0.504 e. The van der Waals surface area contributed by atoms with Gasteiger partial charge in [-0.25, -0.2) is 0 Å². The first-order valence-electron chi connectivity index (χ1n) is 7.93. The van der Waals surface area contributed by atoms with Crippen molar-refractivity contribution in [2.45, 2.75) is 32.5 Å². The predicted octanol–water partition coefficient (Wildman–Crippen LogP) is 3.31. The lowest BCUT2D eigenvalue weighted by atomic mass is 10.0. The van der Waals surface area contributed by atoms with Crippen molar-refractivity contribution >= 4 is 0 Å². The van der Waals surface area contributed by atoms with Crippen LogP contribution in [0.3, 0.4) is 0 Å². The van der Waals surface area contributed by atoms with Crippen LogP contribution in [0, 0.1) is 0 Å². The summed E-state index contributed by atoms with van der Waals surface area (Å²) in [7, 11) is 1.55. The molecule has 2 rings (SSSR count). The Morgan fingerprint density at radius 1 is 1.13 bits per heavy atom. The molecule has 2 aromatic carbocycles. The van der Waals surface area contributed by atoms with Gasteiger partial charge < -0.3 is 15.6 Å². The van der Waals surface area contributed by atoms with E-state index in [1.165, 1.54) is 5.56 Å². The smallest absolute Gasteiger partial charge is 0.160 e. The number of ether oxygens (including phenoxy) is 1. The number of hydrogen-bond acceptors (Lipinski definition) is 4. The van der Waals surface area contributed by atoms with E-state index in [4.69, 9.17) is 10.5 Å². The Labute approximate surface area is 138 Å². The number of benzene rings is 2. The van der Waals surface area contributed by atoms with Gasteiger partial charge in [0.2, 0.25) is 0 Å². The number of rotatable bonds is 7. The summed E-state index contributed by atoms with van der Waals surface area (Å²) >= 11 is 0. The third-order valence-electron chi connectivity index (χ3n) is 4.08. The number of hydrogen-bond donors (Lipinski definition) is 2. The van der Waals surface area contributed by atoms with E-state index >= 15 is 0 Å². The third-order valence-corrected chi connectivity index (χ3v) is 4.08. The first-order chi connectivity index (χ1) is 11.1. The lowest BCUT2D eigenvalue weighted by molar-refractivity contribution is 0.147. The molecule has 0 bridgehead atoms. The first-order valence-corrected chi connectivity index (χ1v) is 7.93. The molecule has 0 saturated carbocycles. The molecule has 0 amide bonds. The van der Waals surface area contributed by atoms with Gasteiger partial charge in [0.1, 0.15) is 0 Å². The first kappa shape index (κ1) is 17.3. The van der Waals surface area contributed by atoms with Gasteiger partial charge in [-0.2, -0.15) is 0 Å². The summed E-state index contributed by atoms with van der Waals surface area (Å²) in [5.41, 5.74) is 8.31. The molecule has 2 aromatic rings. The Kier molecular flexibility index (Phi) is 6.02. The van der Waals surface area contributed by atoms with Crippen LogP contribution in [0.15, 0.2) is 48.5 Å². The van der Waals surface area contributed by atoms with Gasteiger partial charge in [0.15, 0.2) is 11.5 Å². The average Bonchev–Trinajstić information content (AvgIpc) is 2.55. The van der Waals surface area contributed by atoms with Crippen molar-refractivity contribution in [1.29, 1.82) is 0 Å². The standard InChI is InChI=1S/C19H26N2O2/c1-14(2)21(13-15-7-5-4-6-8-15)17(12-20)16-9-10-19(23-3)18(22)11-16/h4-11,14,17,22H,12-13,20H2,1-3H3. The lowest BCUT2D eigenvalue weighted by Crippen LogP contribution is -2.38. The van der Waals surface area contributed by atoms with Crippen LogP contribution in [0.1, 0.15) is 31.0 Å². The van der Waals surface area contributed by atoms with Crippen molar-refractivity contribution < 1.29 is 9.84 Å². The number of aromatic hydroxyl groups is 1. The maximum Gasteiger partial charge on any atom is 0.160 e. The molecule has 4 nitrogen and oxygen atoms in total. The van der Waals surface area contributed by atoms with E-state index in [1.54, 1.807) is 19.2 Å². The Morgan fingerprint density at radius 3 is 2.35 bits per heavy atom. The molecule has 23 heavy (non-hydrogen) atoms. The topological polar surface area (TPSA) is 58.7 Å². The molecular weight excluding hydrogens is 288 g/mol. The normalized spacial score (nSPS) is 12.6. The second-order valence-corrected chi connectivity index (χ2v) is 5.93. The number of phenols is 1. The highest BCUT2D eigenvalue weighted by Crippen LogP contribution is 2.32. The zero-order valence-electron chi connectivity index (χ0n) is 14.1. The highest BCUT2D eigenvalue weighted by molar-refractivity contribution is 5.42. The van der Waals surface area contributed by atoms with Gasteiger partial charge >= 0.3 is 0 Å². The average molecular weight is 314 g/mol. The van der Waals surface area contributed by atoms with Crippen molar-refractivity contribution in [1.82, 2.24) is 4.90 Å². The summed E-state index contributed by atoms with van der Waals surface area (Å²) in [4.78, 5) is 2.34. The van der Waals surface area contributed by atoms with Crippen LogP contribution >= 0.6 is 0 Å². The fourth-order valence-electron chi connectivity index (χ4n) is 2.82. The molecule has 0 fully saturated rings. The number of nitrogens with two attached hydrogens (primary N) is 1. The molecule has 124 valence electrons. The monoisotopic (exact) mass is 314 g/mol. The van der Waals surface area contributed by atoms with Gasteiger partial charge in [0.25, 0.3) is 0 Å². The number of phenolic OH excluding ortho intramolecular Hbond substituents is 1. The van der Waals surface area contributed by atoms with E-state index in [0.29, 0.717) is 18.3 Å². The molecule has 0 spiro atoms. The van der Waals surface area contributed by atoms with Gasteiger partial charge in [-0.15, -0.1) is 0 Å². The molecule has 1 unspecified atom stereocenters.